The van der Waals surface area contributed by atoms with Crippen LogP contribution in [0.5, 0.6) is 0 Å². The van der Waals surface area contributed by atoms with Crippen molar-refractivity contribution >= 4 is 17.6 Å². The number of carbonyl (C=O) groups excluding carboxylic acids is 2. The quantitative estimate of drug-likeness (QED) is 0.807. The predicted octanol–water partition coefficient (Wildman–Crippen LogP) is 1.39. The molecule has 6 nitrogen and oxygen atoms in total. The molecule has 1 heterocycles. The third-order valence-electron chi connectivity index (χ3n) is 3.33. The van der Waals surface area contributed by atoms with Crippen LogP contribution in [0.25, 0.3) is 0 Å². The molecule has 1 aliphatic rings. The number of ether oxygens (including phenoxy) is 1. The first kappa shape index (κ1) is 16.3. The lowest BCUT2D eigenvalue weighted by Gasteiger charge is -2.20. The van der Waals surface area contributed by atoms with E-state index in [-0.39, 0.29) is 12.5 Å². The van der Waals surface area contributed by atoms with Crippen LogP contribution in [-0.4, -0.2) is 47.2 Å². The number of fused-ring (bicyclic) bond motifs is 1. The van der Waals surface area contributed by atoms with Gasteiger partial charge in [-0.2, -0.15) is 0 Å². The fraction of sp³-hybridized carbons (Fsp3) is 0.500. The molecule has 1 amide bonds. The Morgan fingerprint density at radius 3 is 2.73 bits per heavy atom. The summed E-state index contributed by atoms with van der Waals surface area (Å²) in [5.41, 5.74) is 1.44. The van der Waals surface area contributed by atoms with Crippen LogP contribution in [0.2, 0.25) is 0 Å². The van der Waals surface area contributed by atoms with Gasteiger partial charge in [0.2, 0.25) is 5.91 Å². The van der Waals surface area contributed by atoms with Gasteiger partial charge in [0, 0.05) is 19.3 Å². The number of esters is 1. The number of carbonyl (C=O) groups is 2. The van der Waals surface area contributed by atoms with Gasteiger partial charge in [-0.15, -0.1) is 0 Å². The van der Waals surface area contributed by atoms with Gasteiger partial charge in [-0.1, -0.05) is 0 Å². The number of likely N-dealkylation sites (N-methyl/N-ethyl adjacent to an activating group) is 1. The van der Waals surface area contributed by atoms with E-state index in [1.807, 2.05) is 20.8 Å². The molecule has 0 bridgehead atoms. The molecule has 22 heavy (non-hydrogen) atoms. The minimum Gasteiger partial charge on any atom is -0.456 e. The van der Waals surface area contributed by atoms with Gasteiger partial charge in [0.05, 0.1) is 12.2 Å². The Labute approximate surface area is 130 Å². The van der Waals surface area contributed by atoms with E-state index in [1.54, 1.807) is 25.2 Å². The fourth-order valence-electron chi connectivity index (χ4n) is 2.30. The van der Waals surface area contributed by atoms with E-state index in [4.69, 9.17) is 4.74 Å². The summed E-state index contributed by atoms with van der Waals surface area (Å²) in [6, 6.07) is 4.45. The molecule has 2 N–H and O–H groups in total. The normalized spacial score (nSPS) is 18.3. The highest BCUT2D eigenvalue weighted by Crippen LogP contribution is 2.24. The molecule has 2 rings (SSSR count). The molecule has 1 aliphatic heterocycles. The first-order valence-electron chi connectivity index (χ1n) is 7.20. The second kappa shape index (κ2) is 5.96. The van der Waals surface area contributed by atoms with Crippen molar-refractivity contribution in [3.05, 3.63) is 29.3 Å². The van der Waals surface area contributed by atoms with Gasteiger partial charge in [-0.05, 0) is 44.5 Å². The average molecular weight is 306 g/mol. The van der Waals surface area contributed by atoms with Gasteiger partial charge in [0.1, 0.15) is 11.6 Å². The van der Waals surface area contributed by atoms with E-state index in [0.29, 0.717) is 12.1 Å². The Hall–Kier alpha value is -2.08. The largest absolute Gasteiger partial charge is 0.456 e. The minimum atomic E-state index is -0.668. The van der Waals surface area contributed by atoms with Crippen LogP contribution in [0.4, 0.5) is 5.69 Å². The highest BCUT2D eigenvalue weighted by molar-refractivity contribution is 5.91. The van der Waals surface area contributed by atoms with Crippen LogP contribution >= 0.6 is 0 Å². The Kier molecular flexibility index (Phi) is 4.42. The van der Waals surface area contributed by atoms with Gasteiger partial charge in [0.15, 0.2) is 0 Å². The van der Waals surface area contributed by atoms with E-state index in [0.717, 1.165) is 11.3 Å². The lowest BCUT2D eigenvalue weighted by atomic mass is 10.1. The van der Waals surface area contributed by atoms with Crippen molar-refractivity contribution < 1.29 is 19.4 Å². The Morgan fingerprint density at radius 2 is 2.14 bits per heavy atom. The highest BCUT2D eigenvalue weighted by atomic mass is 16.6. The molecule has 0 spiro atoms. The molecule has 0 saturated carbocycles. The van der Waals surface area contributed by atoms with Crippen LogP contribution in [0, 0.1) is 0 Å². The molecule has 6 heteroatoms. The van der Waals surface area contributed by atoms with Crippen LogP contribution in [0.1, 0.15) is 36.7 Å². The number of nitrogens with one attached hydrogen (secondary N) is 1. The molecule has 1 atom stereocenters. The molecule has 0 aromatic heterocycles. The number of rotatable bonds is 2. The van der Waals surface area contributed by atoms with Crippen molar-refractivity contribution in [3.8, 4) is 0 Å². The number of hydrogen-bond donors (Lipinski definition) is 2. The molecule has 0 radical (unpaired) electrons. The van der Waals surface area contributed by atoms with Crippen molar-refractivity contribution in [2.45, 2.75) is 39.0 Å². The zero-order chi connectivity index (χ0) is 16.5. The van der Waals surface area contributed by atoms with Crippen molar-refractivity contribution in [2.24, 2.45) is 0 Å². The molecule has 1 aromatic rings. The maximum Gasteiger partial charge on any atom is 0.338 e. The Morgan fingerprint density at radius 1 is 1.45 bits per heavy atom. The molecule has 1 aromatic carbocycles. The Bertz CT molecular complexity index is 592. The molecule has 0 fully saturated rings. The number of hydrogen-bond acceptors (Lipinski definition) is 5. The summed E-state index contributed by atoms with van der Waals surface area (Å²) in [5.74, 6) is -0.579. The van der Waals surface area contributed by atoms with E-state index in [1.165, 1.54) is 4.90 Å². The van der Waals surface area contributed by atoms with Crippen molar-refractivity contribution in [2.75, 3.05) is 19.0 Å². The molecular formula is C16H22N2O4. The summed E-state index contributed by atoms with van der Waals surface area (Å²) in [6.07, 6.45) is 0. The highest BCUT2D eigenvalue weighted by Gasteiger charge is 2.27. The first-order valence-corrected chi connectivity index (χ1v) is 7.20. The number of aliphatic hydroxyl groups excluding tert-OH is 1. The summed E-state index contributed by atoms with van der Waals surface area (Å²) in [4.78, 5) is 25.7. The third kappa shape index (κ3) is 3.57. The van der Waals surface area contributed by atoms with Crippen LogP contribution in [-0.2, 0) is 16.1 Å². The van der Waals surface area contributed by atoms with Gasteiger partial charge in [0.25, 0.3) is 0 Å². The second-order valence-corrected chi connectivity index (χ2v) is 6.45. The standard InChI is InChI=1S/C16H22N2O4/c1-16(2,3)22-15(21)10-5-6-12-11(7-10)8-18(4)14(20)13(9-19)17-12/h5-7,13,17,19H,8-9H2,1-4H3/t13-/m1/s1. The molecule has 0 saturated heterocycles. The number of benzene rings is 1. The Balaban J connectivity index is 2.30. The number of aliphatic hydroxyl groups is 1. The molecule has 0 aliphatic carbocycles. The van der Waals surface area contributed by atoms with Gasteiger partial charge in [-0.25, -0.2) is 4.79 Å². The number of anilines is 1. The van der Waals surface area contributed by atoms with Crippen LogP contribution in [0.3, 0.4) is 0 Å². The summed E-state index contributed by atoms with van der Waals surface area (Å²) in [5, 5.41) is 12.3. The molecular weight excluding hydrogens is 284 g/mol. The van der Waals surface area contributed by atoms with Crippen molar-refractivity contribution in [1.29, 1.82) is 0 Å². The van der Waals surface area contributed by atoms with Crippen molar-refractivity contribution in [3.63, 3.8) is 0 Å². The zero-order valence-corrected chi connectivity index (χ0v) is 13.3. The van der Waals surface area contributed by atoms with E-state index < -0.39 is 17.6 Å². The zero-order valence-electron chi connectivity index (χ0n) is 13.3. The monoisotopic (exact) mass is 306 g/mol. The minimum absolute atomic E-state index is 0.183. The average Bonchev–Trinajstić information content (AvgIpc) is 2.54. The number of nitrogens with zero attached hydrogens (tertiary/aromatic N) is 1. The van der Waals surface area contributed by atoms with Crippen LogP contribution < -0.4 is 5.32 Å². The molecule has 0 unspecified atom stereocenters. The van der Waals surface area contributed by atoms with Gasteiger partial charge < -0.3 is 20.1 Å². The lowest BCUT2D eigenvalue weighted by Crippen LogP contribution is -2.40. The maximum absolute atomic E-state index is 12.1. The van der Waals surface area contributed by atoms with Gasteiger partial charge in [-0.3, -0.25) is 4.79 Å². The van der Waals surface area contributed by atoms with Gasteiger partial charge >= 0.3 is 5.97 Å². The summed E-state index contributed by atoms with van der Waals surface area (Å²) < 4.78 is 5.36. The lowest BCUT2D eigenvalue weighted by molar-refractivity contribution is -0.131. The van der Waals surface area contributed by atoms with Crippen LogP contribution in [0.15, 0.2) is 18.2 Å². The smallest absolute Gasteiger partial charge is 0.338 e. The SMILES string of the molecule is CN1Cc2cc(C(=O)OC(C)(C)C)ccc2N[C@H](CO)C1=O. The van der Waals surface area contributed by atoms with Crippen molar-refractivity contribution in [1.82, 2.24) is 4.90 Å². The van der Waals surface area contributed by atoms with E-state index in [9.17, 15) is 14.7 Å². The maximum atomic E-state index is 12.1. The number of amides is 1. The summed E-state index contributed by atoms with van der Waals surface area (Å²) in [6.45, 7) is 5.53. The molecule has 120 valence electrons. The first-order chi connectivity index (χ1) is 10.2. The third-order valence-corrected chi connectivity index (χ3v) is 3.33. The summed E-state index contributed by atoms with van der Waals surface area (Å²) in [7, 11) is 1.67. The predicted molar refractivity (Wildman–Crippen MR) is 82.6 cm³/mol. The summed E-state index contributed by atoms with van der Waals surface area (Å²) >= 11 is 0. The van der Waals surface area contributed by atoms with E-state index >= 15 is 0 Å². The second-order valence-electron chi connectivity index (χ2n) is 6.45. The topological polar surface area (TPSA) is 78.9 Å². The fourth-order valence-corrected chi connectivity index (χ4v) is 2.30. The van der Waals surface area contributed by atoms with E-state index in [2.05, 4.69) is 5.32 Å².